The number of hydrogen-bond acceptors (Lipinski definition) is 3. The van der Waals surface area contributed by atoms with Crippen LogP contribution in [0.15, 0.2) is 36.5 Å². The maximum absolute atomic E-state index is 5.81. The van der Waals surface area contributed by atoms with E-state index >= 15 is 0 Å². The van der Waals surface area contributed by atoms with Gasteiger partial charge in [0.2, 0.25) is 0 Å². The molecule has 0 radical (unpaired) electrons. The third-order valence-corrected chi connectivity index (χ3v) is 2.90. The van der Waals surface area contributed by atoms with E-state index in [-0.39, 0.29) is 0 Å². The fourth-order valence-electron chi connectivity index (χ4n) is 2.06. The summed E-state index contributed by atoms with van der Waals surface area (Å²) in [6.45, 7) is 4.11. The van der Waals surface area contributed by atoms with Gasteiger partial charge in [0.25, 0.3) is 0 Å². The maximum atomic E-state index is 5.81. The molecule has 0 saturated heterocycles. The van der Waals surface area contributed by atoms with Crippen molar-refractivity contribution in [3.8, 4) is 0 Å². The predicted octanol–water partition coefficient (Wildman–Crippen LogP) is 3.05. The van der Waals surface area contributed by atoms with Crippen LogP contribution in [0.1, 0.15) is 11.3 Å². The van der Waals surface area contributed by atoms with Crippen molar-refractivity contribution in [1.82, 2.24) is 4.98 Å². The van der Waals surface area contributed by atoms with Crippen molar-refractivity contribution >= 4 is 17.1 Å². The molecule has 3 nitrogen and oxygen atoms in total. The molecule has 0 aliphatic carbocycles. The van der Waals surface area contributed by atoms with Crippen LogP contribution < -0.4 is 10.6 Å². The van der Waals surface area contributed by atoms with Crippen LogP contribution in [0, 0.1) is 13.8 Å². The first-order chi connectivity index (χ1) is 8.09. The van der Waals surface area contributed by atoms with E-state index in [9.17, 15) is 0 Å². The van der Waals surface area contributed by atoms with Crippen LogP contribution in [0.25, 0.3) is 0 Å². The van der Waals surface area contributed by atoms with E-state index in [0.29, 0.717) is 0 Å². The van der Waals surface area contributed by atoms with E-state index in [1.165, 1.54) is 5.56 Å². The second kappa shape index (κ2) is 4.45. The molecule has 88 valence electrons. The Bertz CT molecular complexity index is 514. The van der Waals surface area contributed by atoms with Crippen LogP contribution in [0.2, 0.25) is 0 Å². The first-order valence-electron chi connectivity index (χ1n) is 5.61. The van der Waals surface area contributed by atoms with Gasteiger partial charge < -0.3 is 10.6 Å². The van der Waals surface area contributed by atoms with Crippen molar-refractivity contribution in [3.63, 3.8) is 0 Å². The Morgan fingerprint density at radius 2 is 1.94 bits per heavy atom. The highest BCUT2D eigenvalue weighted by Crippen LogP contribution is 2.29. The van der Waals surface area contributed by atoms with Crippen LogP contribution >= 0.6 is 0 Å². The van der Waals surface area contributed by atoms with Crippen molar-refractivity contribution in [1.29, 1.82) is 0 Å². The highest BCUT2D eigenvalue weighted by atomic mass is 15.1. The number of nitrogen functional groups attached to an aromatic ring is 1. The molecular formula is C14H17N3. The Morgan fingerprint density at radius 3 is 2.59 bits per heavy atom. The molecular weight excluding hydrogens is 210 g/mol. The summed E-state index contributed by atoms with van der Waals surface area (Å²) in [5.41, 5.74) is 11.0. The largest absolute Gasteiger partial charge is 0.399 e. The lowest BCUT2D eigenvalue weighted by molar-refractivity contribution is 1.10. The zero-order valence-electron chi connectivity index (χ0n) is 10.4. The van der Waals surface area contributed by atoms with Gasteiger partial charge in [-0.3, -0.25) is 4.98 Å². The highest BCUT2D eigenvalue weighted by molar-refractivity contribution is 5.69. The van der Waals surface area contributed by atoms with Gasteiger partial charge in [0, 0.05) is 24.6 Å². The molecule has 3 heteroatoms. The zero-order valence-corrected chi connectivity index (χ0v) is 10.4. The summed E-state index contributed by atoms with van der Waals surface area (Å²) in [6.07, 6.45) is 1.83. The minimum Gasteiger partial charge on any atom is -0.399 e. The average molecular weight is 227 g/mol. The van der Waals surface area contributed by atoms with Crippen molar-refractivity contribution in [2.75, 3.05) is 17.7 Å². The molecule has 2 aromatic rings. The molecule has 17 heavy (non-hydrogen) atoms. The van der Waals surface area contributed by atoms with E-state index in [4.69, 9.17) is 5.73 Å². The molecule has 1 aromatic carbocycles. The lowest BCUT2D eigenvalue weighted by Crippen LogP contribution is -2.13. The van der Waals surface area contributed by atoms with Gasteiger partial charge >= 0.3 is 0 Å². The van der Waals surface area contributed by atoms with E-state index in [2.05, 4.69) is 16.8 Å². The summed E-state index contributed by atoms with van der Waals surface area (Å²) < 4.78 is 0. The van der Waals surface area contributed by atoms with Gasteiger partial charge in [-0.25, -0.2) is 0 Å². The minimum absolute atomic E-state index is 0.772. The van der Waals surface area contributed by atoms with Crippen LogP contribution in [0.5, 0.6) is 0 Å². The van der Waals surface area contributed by atoms with Gasteiger partial charge in [-0.2, -0.15) is 0 Å². The van der Waals surface area contributed by atoms with Crippen LogP contribution in [-0.4, -0.2) is 12.0 Å². The molecule has 0 saturated carbocycles. The Morgan fingerprint density at radius 1 is 1.18 bits per heavy atom. The second-order valence-corrected chi connectivity index (χ2v) is 4.22. The van der Waals surface area contributed by atoms with Gasteiger partial charge in [0.05, 0.1) is 11.4 Å². The molecule has 0 aliphatic rings. The SMILES string of the molecule is Cc1ccnc(C)c1N(C)c1cccc(N)c1. The lowest BCUT2D eigenvalue weighted by atomic mass is 10.1. The summed E-state index contributed by atoms with van der Waals surface area (Å²) in [4.78, 5) is 6.46. The van der Waals surface area contributed by atoms with Crippen LogP contribution in [0.4, 0.5) is 17.1 Å². The Kier molecular flexibility index (Phi) is 3.00. The number of rotatable bonds is 2. The Balaban J connectivity index is 2.47. The highest BCUT2D eigenvalue weighted by Gasteiger charge is 2.10. The summed E-state index contributed by atoms with van der Waals surface area (Å²) in [5.74, 6) is 0. The van der Waals surface area contributed by atoms with E-state index < -0.39 is 0 Å². The van der Waals surface area contributed by atoms with Crippen LogP contribution in [-0.2, 0) is 0 Å². The van der Waals surface area contributed by atoms with Gasteiger partial charge in [0.1, 0.15) is 0 Å². The third-order valence-electron chi connectivity index (χ3n) is 2.90. The molecule has 0 spiro atoms. The third kappa shape index (κ3) is 2.23. The van der Waals surface area contributed by atoms with Crippen molar-refractivity contribution in [3.05, 3.63) is 47.8 Å². The molecule has 0 atom stereocenters. The summed E-state index contributed by atoms with van der Waals surface area (Å²) in [7, 11) is 2.03. The van der Waals surface area contributed by atoms with E-state index in [0.717, 1.165) is 22.8 Å². The molecule has 2 rings (SSSR count). The standard InChI is InChI=1S/C14H17N3/c1-10-7-8-16-11(2)14(10)17(3)13-6-4-5-12(15)9-13/h4-9H,15H2,1-3H3. The van der Waals surface area contributed by atoms with E-state index in [1.54, 1.807) is 0 Å². The number of anilines is 3. The maximum Gasteiger partial charge on any atom is 0.0654 e. The van der Waals surface area contributed by atoms with Crippen molar-refractivity contribution < 1.29 is 0 Å². The number of nitrogens with zero attached hydrogens (tertiary/aromatic N) is 2. The molecule has 0 amide bonds. The average Bonchev–Trinajstić information content (AvgIpc) is 2.28. The molecule has 1 aromatic heterocycles. The first-order valence-corrected chi connectivity index (χ1v) is 5.61. The zero-order chi connectivity index (χ0) is 12.4. The first kappa shape index (κ1) is 11.5. The quantitative estimate of drug-likeness (QED) is 0.802. The molecule has 0 unspecified atom stereocenters. The minimum atomic E-state index is 0.772. The Labute approximate surface area is 102 Å². The number of aromatic nitrogens is 1. The number of hydrogen-bond donors (Lipinski definition) is 1. The molecule has 2 N–H and O–H groups in total. The van der Waals surface area contributed by atoms with E-state index in [1.807, 2.05) is 50.5 Å². The Hall–Kier alpha value is -2.03. The fraction of sp³-hybridized carbons (Fsp3) is 0.214. The monoisotopic (exact) mass is 227 g/mol. The van der Waals surface area contributed by atoms with Crippen molar-refractivity contribution in [2.45, 2.75) is 13.8 Å². The molecule has 1 heterocycles. The molecule has 0 aliphatic heterocycles. The fourth-order valence-corrected chi connectivity index (χ4v) is 2.06. The smallest absolute Gasteiger partial charge is 0.0654 e. The van der Waals surface area contributed by atoms with Crippen LogP contribution in [0.3, 0.4) is 0 Å². The van der Waals surface area contributed by atoms with Gasteiger partial charge in [-0.05, 0) is 43.7 Å². The number of benzene rings is 1. The second-order valence-electron chi connectivity index (χ2n) is 4.22. The molecule has 0 bridgehead atoms. The number of nitrogens with two attached hydrogens (primary N) is 1. The molecule has 0 fully saturated rings. The normalized spacial score (nSPS) is 10.3. The topological polar surface area (TPSA) is 42.2 Å². The summed E-state index contributed by atoms with van der Waals surface area (Å²) >= 11 is 0. The number of aryl methyl sites for hydroxylation is 2. The number of pyridine rings is 1. The van der Waals surface area contributed by atoms with Gasteiger partial charge in [-0.15, -0.1) is 0 Å². The predicted molar refractivity (Wildman–Crippen MR) is 72.6 cm³/mol. The van der Waals surface area contributed by atoms with Crippen molar-refractivity contribution in [2.24, 2.45) is 0 Å². The summed E-state index contributed by atoms with van der Waals surface area (Å²) in [6, 6.07) is 9.88. The van der Waals surface area contributed by atoms with Gasteiger partial charge in [-0.1, -0.05) is 6.07 Å². The van der Waals surface area contributed by atoms with Gasteiger partial charge in [0.15, 0.2) is 0 Å². The summed E-state index contributed by atoms with van der Waals surface area (Å²) in [5, 5.41) is 0. The lowest BCUT2D eigenvalue weighted by Gasteiger charge is -2.23.